The zero-order valence-corrected chi connectivity index (χ0v) is 22.7. The number of hydrogen-bond donors (Lipinski definition) is 2. The third-order valence-corrected chi connectivity index (χ3v) is 9.51. The van der Waals surface area contributed by atoms with Crippen molar-refractivity contribution in [2.45, 2.75) is 57.3 Å². The van der Waals surface area contributed by atoms with Gasteiger partial charge in [0.2, 0.25) is 12.2 Å². The molecule has 2 aromatic rings. The maximum Gasteiger partial charge on any atom is 0.279 e. The maximum absolute atomic E-state index is 13.6. The van der Waals surface area contributed by atoms with Crippen LogP contribution in [0.15, 0.2) is 58.2 Å². The van der Waals surface area contributed by atoms with E-state index >= 15 is 0 Å². The van der Waals surface area contributed by atoms with Gasteiger partial charge in [-0.3, -0.25) is 4.79 Å². The van der Waals surface area contributed by atoms with Crippen molar-refractivity contribution in [3.8, 4) is 0 Å². The van der Waals surface area contributed by atoms with E-state index in [-0.39, 0.29) is 29.3 Å². The number of nitrogens with zero attached hydrogens (tertiary/aromatic N) is 5. The van der Waals surface area contributed by atoms with Crippen molar-refractivity contribution in [1.82, 2.24) is 13.9 Å². The lowest BCUT2D eigenvalue weighted by atomic mass is 9.78. The van der Waals surface area contributed by atoms with Gasteiger partial charge in [-0.15, -0.1) is 0 Å². The molecule has 3 aliphatic rings. The summed E-state index contributed by atoms with van der Waals surface area (Å²) in [5, 5.41) is 35.5. The molecule has 2 N–H and O–H groups in total. The predicted molar refractivity (Wildman–Crippen MR) is 135 cm³/mol. The van der Waals surface area contributed by atoms with Gasteiger partial charge in [-0.25, -0.2) is 9.13 Å². The third kappa shape index (κ3) is 4.43. The van der Waals surface area contributed by atoms with Gasteiger partial charge in [-0.1, -0.05) is 13.0 Å². The number of aromatic nitrogens is 2. The molecule has 1 amide bonds. The number of hydrogen-bond acceptors (Lipinski definition) is 8. The molecule has 0 spiro atoms. The second-order valence-electron chi connectivity index (χ2n) is 10.3. The molecule has 1 aromatic heterocycles. The van der Waals surface area contributed by atoms with Crippen LogP contribution in [0.2, 0.25) is 0 Å². The first-order valence-corrected chi connectivity index (χ1v) is 14.2. The van der Waals surface area contributed by atoms with Crippen LogP contribution in [0.5, 0.6) is 0 Å². The SMILES string of the molecule is CC1=NN(CC2=C(C(=O)[O-])N3C(=O)[C@H]([C@@H](C)O)[C@H]3[C@H]2C)S(=O)(=O)c2ccc(CCn3cc[n+](CCO)c3)cc21. The number of carboxylic acids is 1. The fourth-order valence-electron chi connectivity index (χ4n) is 5.81. The minimum absolute atomic E-state index is 0.0493. The topological polar surface area (TPSA) is 159 Å². The van der Waals surface area contributed by atoms with Crippen molar-refractivity contribution in [1.29, 1.82) is 0 Å². The molecule has 4 heterocycles. The van der Waals surface area contributed by atoms with Crippen LogP contribution in [-0.2, 0) is 39.1 Å². The Hall–Kier alpha value is -3.55. The number of aliphatic hydroxyl groups excluding tert-OH is 2. The smallest absolute Gasteiger partial charge is 0.279 e. The Balaban J connectivity index is 1.39. The molecule has 5 rings (SSSR count). The Labute approximate surface area is 226 Å². The summed E-state index contributed by atoms with van der Waals surface area (Å²) in [6, 6.07) is 4.52. The van der Waals surface area contributed by atoms with E-state index in [1.165, 1.54) is 6.92 Å². The first-order chi connectivity index (χ1) is 18.4. The lowest BCUT2D eigenvalue weighted by molar-refractivity contribution is -0.697. The molecule has 3 aliphatic heterocycles. The molecule has 208 valence electrons. The number of aliphatic carboxylic acids is 1. The van der Waals surface area contributed by atoms with Gasteiger partial charge in [-0.05, 0) is 37.1 Å². The van der Waals surface area contributed by atoms with Crippen LogP contribution in [0.4, 0.5) is 0 Å². The molecule has 1 fully saturated rings. The number of rotatable bonds is 9. The van der Waals surface area contributed by atoms with E-state index in [2.05, 4.69) is 5.10 Å². The lowest BCUT2D eigenvalue weighted by Gasteiger charge is -2.47. The highest BCUT2D eigenvalue weighted by Crippen LogP contribution is 2.47. The predicted octanol–water partition coefficient (Wildman–Crippen LogP) is -1.40. The van der Waals surface area contributed by atoms with E-state index in [0.29, 0.717) is 30.8 Å². The highest BCUT2D eigenvalue weighted by molar-refractivity contribution is 7.89. The Morgan fingerprint density at radius 3 is 2.72 bits per heavy atom. The number of carbonyl (C=O) groups is 2. The molecule has 4 atom stereocenters. The van der Waals surface area contributed by atoms with Crippen LogP contribution >= 0.6 is 0 Å². The highest BCUT2D eigenvalue weighted by Gasteiger charge is 2.58. The molecule has 1 saturated heterocycles. The van der Waals surface area contributed by atoms with E-state index in [0.717, 1.165) is 14.9 Å². The molecule has 1 aromatic carbocycles. The molecule has 0 bridgehead atoms. The molecular weight excluding hydrogens is 526 g/mol. The van der Waals surface area contributed by atoms with Gasteiger partial charge in [0.1, 0.15) is 18.9 Å². The molecule has 39 heavy (non-hydrogen) atoms. The number of carbonyl (C=O) groups excluding carboxylic acids is 2. The number of aryl methyl sites for hydroxylation is 2. The minimum Gasteiger partial charge on any atom is -0.543 e. The van der Waals surface area contributed by atoms with Gasteiger partial charge in [0, 0.05) is 17.9 Å². The van der Waals surface area contributed by atoms with Crippen molar-refractivity contribution in [2.24, 2.45) is 16.9 Å². The molecule has 0 radical (unpaired) electrons. The Morgan fingerprint density at radius 2 is 2.05 bits per heavy atom. The second-order valence-corrected chi connectivity index (χ2v) is 12.1. The van der Waals surface area contributed by atoms with Gasteiger partial charge in [0.15, 0.2) is 0 Å². The summed E-state index contributed by atoms with van der Waals surface area (Å²) in [5.41, 5.74) is 1.75. The van der Waals surface area contributed by atoms with Gasteiger partial charge in [0.25, 0.3) is 10.0 Å². The standard InChI is InChI=1S/C26H31N5O7S/c1-15-20(24(26(35)36)31-23(15)22(17(3)33)25(31)34)13-30-27-16(2)19-12-18(4-5-21(19)39(30,37)38)6-7-28-8-9-29(14-28)10-11-32/h4-5,8-9,12,14-15,17,22-23,32-33H,6-7,10-11,13H2,1-3H3/t15-,17+,22+,23+/m0/s1. The summed E-state index contributed by atoms with van der Waals surface area (Å²) in [6.45, 7) is 5.76. The summed E-state index contributed by atoms with van der Waals surface area (Å²) >= 11 is 0. The number of benzene rings is 1. The van der Waals surface area contributed by atoms with Crippen LogP contribution < -0.4 is 9.67 Å². The van der Waals surface area contributed by atoms with Crippen molar-refractivity contribution < 1.29 is 37.9 Å². The molecule has 0 unspecified atom stereocenters. The molecule has 0 aliphatic carbocycles. The van der Waals surface area contributed by atoms with Crippen LogP contribution in [0.25, 0.3) is 0 Å². The van der Waals surface area contributed by atoms with Gasteiger partial charge in [0.05, 0.1) is 60.0 Å². The maximum atomic E-state index is 13.6. The number of imidazole rings is 1. The first-order valence-electron chi connectivity index (χ1n) is 12.8. The first kappa shape index (κ1) is 27.0. The fraction of sp³-hybridized carbons (Fsp3) is 0.462. The average molecular weight is 558 g/mol. The third-order valence-electron chi connectivity index (χ3n) is 7.83. The molecular formula is C26H31N5O7S. The van der Waals surface area contributed by atoms with Crippen LogP contribution in [-0.4, -0.2) is 75.4 Å². The van der Waals surface area contributed by atoms with E-state index in [9.17, 15) is 28.2 Å². The van der Waals surface area contributed by atoms with Crippen LogP contribution in [0, 0.1) is 11.8 Å². The average Bonchev–Trinajstić information content (AvgIpc) is 3.41. The van der Waals surface area contributed by atoms with E-state index < -0.39 is 45.9 Å². The monoisotopic (exact) mass is 557 g/mol. The van der Waals surface area contributed by atoms with Crippen molar-refractivity contribution in [3.63, 3.8) is 0 Å². The van der Waals surface area contributed by atoms with Crippen molar-refractivity contribution in [3.05, 3.63) is 59.3 Å². The van der Waals surface area contributed by atoms with Gasteiger partial charge >= 0.3 is 0 Å². The summed E-state index contributed by atoms with van der Waals surface area (Å²) in [4.78, 5) is 25.8. The number of sulfonamides is 1. The fourth-order valence-corrected chi connectivity index (χ4v) is 7.30. The summed E-state index contributed by atoms with van der Waals surface area (Å²) < 4.78 is 31.9. The van der Waals surface area contributed by atoms with E-state index in [1.54, 1.807) is 32.0 Å². The number of aliphatic hydroxyl groups is 2. The number of fused-ring (bicyclic) bond motifs is 2. The number of carboxylic acid groups (broad SMARTS) is 1. The van der Waals surface area contributed by atoms with Crippen molar-refractivity contribution >= 4 is 27.6 Å². The Bertz CT molecular complexity index is 1510. The quantitative estimate of drug-likeness (QED) is 0.283. The van der Waals surface area contributed by atoms with E-state index in [4.69, 9.17) is 5.11 Å². The Kier molecular flexibility index (Phi) is 6.85. The minimum atomic E-state index is -4.11. The number of amides is 1. The normalized spacial score (nSPS) is 24.3. The van der Waals surface area contributed by atoms with Crippen molar-refractivity contribution in [2.75, 3.05) is 13.2 Å². The largest absolute Gasteiger partial charge is 0.543 e. The summed E-state index contributed by atoms with van der Waals surface area (Å²) in [6.07, 6.45) is 5.34. The van der Waals surface area contributed by atoms with Crippen LogP contribution in [0.1, 0.15) is 31.9 Å². The molecule has 0 saturated carbocycles. The zero-order valence-electron chi connectivity index (χ0n) is 21.9. The highest BCUT2D eigenvalue weighted by atomic mass is 32.2. The lowest BCUT2D eigenvalue weighted by Crippen LogP contribution is -2.64. The number of β-lactam (4-membered cyclic amide) rings is 1. The second kappa shape index (κ2) is 9.88. The summed E-state index contributed by atoms with van der Waals surface area (Å²) in [5.74, 6) is -3.35. The summed E-state index contributed by atoms with van der Waals surface area (Å²) in [7, 11) is -4.11. The van der Waals surface area contributed by atoms with Gasteiger partial charge in [-0.2, -0.15) is 17.9 Å². The van der Waals surface area contributed by atoms with Gasteiger partial charge < -0.3 is 25.0 Å². The molecule has 13 heteroatoms. The van der Waals surface area contributed by atoms with Crippen LogP contribution in [0.3, 0.4) is 0 Å². The van der Waals surface area contributed by atoms with E-state index in [1.807, 2.05) is 27.9 Å². The Morgan fingerprint density at radius 1 is 1.31 bits per heavy atom. The molecule has 12 nitrogen and oxygen atoms in total. The number of hydrazone groups is 1. The zero-order chi connectivity index (χ0) is 28.2.